The fraction of sp³-hybridized carbons (Fsp3) is 1.00. The Labute approximate surface area is 801 Å². The molecule has 28 nitrogen and oxygen atoms in total. The van der Waals surface area contributed by atoms with Gasteiger partial charge in [0.1, 0.15) is 6.10 Å². The number of ether oxygens (including phenoxy) is 28. The van der Waals surface area contributed by atoms with E-state index in [4.69, 9.17) is 133 Å². The predicted octanol–water partition coefficient (Wildman–Crippen LogP) is 15.9. The highest BCUT2D eigenvalue weighted by molar-refractivity contribution is 5.11. The molecule has 0 bridgehead atoms. The van der Waals surface area contributed by atoms with Crippen molar-refractivity contribution in [3.8, 4) is 0 Å². The number of rotatable bonds is 110. The van der Waals surface area contributed by atoms with Crippen LogP contribution in [0.25, 0.3) is 0 Å². The van der Waals surface area contributed by atoms with Gasteiger partial charge < -0.3 is 133 Å². The third-order valence-electron chi connectivity index (χ3n) is 19.2. The van der Waals surface area contributed by atoms with Crippen LogP contribution < -0.4 is 0 Å². The van der Waals surface area contributed by atoms with Gasteiger partial charge in [0.05, 0.1) is 344 Å². The maximum absolute atomic E-state index is 14.1. The minimum atomic E-state index is -7.96. The van der Waals surface area contributed by atoms with Crippen LogP contribution in [0.15, 0.2) is 0 Å². The molecule has 0 aromatic heterocycles. The van der Waals surface area contributed by atoms with Gasteiger partial charge in [-0.05, 0) is 25.7 Å². The number of unbranched alkanes of at least 4 members (excludes halogenated alkanes) is 14. The van der Waals surface area contributed by atoms with Crippen LogP contribution in [0, 0.1) is 0 Å². The molecule has 0 radical (unpaired) electrons. The van der Waals surface area contributed by atoms with Crippen LogP contribution in [0.3, 0.4) is 0 Å². The first-order chi connectivity index (χ1) is 66.6. The number of halogens is 26. The average Bonchev–Trinajstić information content (AvgIpc) is 0.715. The number of hydrogen-bond donors (Lipinski definition) is 0. The van der Waals surface area contributed by atoms with Gasteiger partial charge in [-0.2, -0.15) is 114 Å². The highest BCUT2D eigenvalue weighted by Crippen LogP contribution is 2.63. The summed E-state index contributed by atoms with van der Waals surface area (Å²) in [5.74, 6) is -74.1. The summed E-state index contributed by atoms with van der Waals surface area (Å²) in [6, 6.07) is 0. The Morgan fingerprint density at radius 1 is 0.136 bits per heavy atom. The number of alkyl halides is 26. The van der Waals surface area contributed by atoms with E-state index in [1.807, 2.05) is 0 Å². The molecular formula is C86H148F26O28. The van der Waals surface area contributed by atoms with Crippen LogP contribution in [0.1, 0.15) is 116 Å². The molecule has 0 aromatic carbocycles. The molecule has 0 aliphatic rings. The van der Waals surface area contributed by atoms with Gasteiger partial charge in [-0.3, -0.25) is 0 Å². The second kappa shape index (κ2) is 83.8. The van der Waals surface area contributed by atoms with Gasteiger partial charge >= 0.3 is 71.6 Å². The van der Waals surface area contributed by atoms with Crippen molar-refractivity contribution in [3.63, 3.8) is 0 Å². The van der Waals surface area contributed by atoms with E-state index >= 15 is 0 Å². The lowest BCUT2D eigenvalue weighted by atomic mass is 9.91. The summed E-state index contributed by atoms with van der Waals surface area (Å²) in [6.07, 6.45) is -18.7. The number of hydrogen-bond acceptors (Lipinski definition) is 28. The number of methoxy groups -OCH3 is 1. The Kier molecular flexibility index (Phi) is 82.1. The van der Waals surface area contributed by atoms with Crippen LogP contribution in [-0.2, 0) is 133 Å². The molecular weight excluding hydrogens is 1970 g/mol. The molecule has 1 atom stereocenters. The Morgan fingerprint density at radius 3 is 0.443 bits per heavy atom. The summed E-state index contributed by atoms with van der Waals surface area (Å²) in [5.41, 5.74) is 0. The van der Waals surface area contributed by atoms with E-state index in [1.54, 1.807) is 7.11 Å². The zero-order valence-corrected chi connectivity index (χ0v) is 79.7. The first kappa shape index (κ1) is 137. The Bertz CT molecular complexity index is 2740. The van der Waals surface area contributed by atoms with Crippen molar-refractivity contribution in [1.29, 1.82) is 0 Å². The van der Waals surface area contributed by atoms with Crippen molar-refractivity contribution in [2.24, 2.45) is 0 Å². The van der Waals surface area contributed by atoms with Crippen LogP contribution >= 0.6 is 0 Å². The molecule has 0 fully saturated rings. The monoisotopic (exact) mass is 2120 g/mol. The molecule has 0 aliphatic carbocycles. The Hall–Kier alpha value is -2.94. The SMILES string of the molecule is COCCOCCOCCOCCOCCOCCOCCOCCOCCOCCOCCOCCOCCOCCOCCOCCOCCOCCOCCOCCOCCOCCOCCOCCOCCOCC(COCCCCCCCCCCC(F)(F)C(F)(F)C(F)(F)C(F)(F)C(F)(F)C(F)(F)F)OCCCCCCCCCCC(F)(F)C(F)(F)C(F)(F)C(F)(F)C(F)(F)C(F)(F)F. The summed E-state index contributed by atoms with van der Waals surface area (Å²) < 4.78 is 503. The minimum absolute atomic E-state index is 0.00392. The van der Waals surface area contributed by atoms with Gasteiger partial charge in [0, 0.05) is 33.2 Å². The van der Waals surface area contributed by atoms with E-state index < -0.39 is 103 Å². The second-order valence-electron chi connectivity index (χ2n) is 30.5. The van der Waals surface area contributed by atoms with Crippen LogP contribution in [0.5, 0.6) is 0 Å². The largest absolute Gasteiger partial charge is 0.460 e. The molecule has 0 aliphatic heterocycles. The van der Waals surface area contributed by atoms with Crippen molar-refractivity contribution < 1.29 is 247 Å². The van der Waals surface area contributed by atoms with Gasteiger partial charge in [0.15, 0.2) is 0 Å². The highest BCUT2D eigenvalue weighted by Gasteiger charge is 2.92. The van der Waals surface area contributed by atoms with Gasteiger partial charge in [0.2, 0.25) is 0 Å². The lowest BCUT2D eigenvalue weighted by Crippen LogP contribution is -2.70. The molecule has 0 amide bonds. The standard InChI is InChI=1S/C86H148F26O28/c1-113-22-23-114-24-25-115-26-27-116-28-29-117-30-31-118-32-33-119-34-35-120-36-37-121-38-39-122-40-41-123-42-43-124-44-45-125-46-47-126-48-49-127-50-51-128-52-53-129-54-55-130-56-57-131-58-59-132-60-61-133-62-63-134-64-65-135-66-67-136-68-69-137-70-71-139-73-74(140-21-17-13-9-5-3-7-11-15-19-76(89,90)78(93,94)80(97,98)82(101,102)84(105,106)86(110,111)112)72-138-20-16-12-8-4-2-6-10-14-18-75(87,88)77(91,92)79(95,96)81(99,100)83(103,104)85(107,108)109/h74H,2-73H2,1H3. The molecule has 1 unspecified atom stereocenters. The molecule has 140 heavy (non-hydrogen) atoms. The lowest BCUT2D eigenvalue weighted by molar-refractivity contribution is -0.440. The summed E-state index contributed by atoms with van der Waals surface area (Å²) >= 11 is 0. The van der Waals surface area contributed by atoms with Crippen molar-refractivity contribution >= 4 is 0 Å². The fourth-order valence-corrected chi connectivity index (χ4v) is 11.3. The molecule has 842 valence electrons. The first-order valence-electron chi connectivity index (χ1n) is 46.7. The Morgan fingerprint density at radius 2 is 0.271 bits per heavy atom. The van der Waals surface area contributed by atoms with Crippen molar-refractivity contribution in [2.75, 3.05) is 364 Å². The third-order valence-corrected chi connectivity index (χ3v) is 19.2. The normalized spacial score (nSPS) is 13.7. The fourth-order valence-electron chi connectivity index (χ4n) is 11.3. The molecule has 0 aromatic rings. The van der Waals surface area contributed by atoms with E-state index in [9.17, 15) is 114 Å². The molecule has 0 spiro atoms. The quantitative estimate of drug-likeness (QED) is 0.0405. The smallest absolute Gasteiger partial charge is 0.382 e. The third kappa shape index (κ3) is 63.1. The zero-order chi connectivity index (χ0) is 104. The summed E-state index contributed by atoms with van der Waals surface area (Å²) in [6.45, 7) is 20.7. The van der Waals surface area contributed by atoms with E-state index in [-0.39, 0.29) is 105 Å². The molecule has 54 heteroatoms. The van der Waals surface area contributed by atoms with E-state index in [0.29, 0.717) is 342 Å². The molecule has 0 saturated heterocycles. The summed E-state index contributed by atoms with van der Waals surface area (Å²) in [4.78, 5) is 0. The van der Waals surface area contributed by atoms with Crippen LogP contribution in [0.2, 0.25) is 0 Å². The highest BCUT2D eigenvalue weighted by atomic mass is 19.4. The first-order valence-corrected chi connectivity index (χ1v) is 46.7. The van der Waals surface area contributed by atoms with Crippen LogP contribution in [0.4, 0.5) is 114 Å². The van der Waals surface area contributed by atoms with E-state index in [0.717, 1.165) is 0 Å². The van der Waals surface area contributed by atoms with E-state index in [2.05, 4.69) is 0 Å². The molecule has 0 heterocycles. The zero-order valence-electron chi connectivity index (χ0n) is 79.7. The van der Waals surface area contributed by atoms with Gasteiger partial charge in [0.25, 0.3) is 0 Å². The minimum Gasteiger partial charge on any atom is -0.382 e. The van der Waals surface area contributed by atoms with Gasteiger partial charge in [-0.25, -0.2) is 0 Å². The van der Waals surface area contributed by atoms with Gasteiger partial charge in [-0.15, -0.1) is 0 Å². The van der Waals surface area contributed by atoms with Crippen molar-refractivity contribution in [1.82, 2.24) is 0 Å². The summed E-state index contributed by atoms with van der Waals surface area (Å²) in [7, 11) is 1.63. The van der Waals surface area contributed by atoms with Gasteiger partial charge in [-0.1, -0.05) is 77.0 Å². The average molecular weight is 2120 g/mol. The molecule has 0 rings (SSSR count). The Balaban J connectivity index is 3.98. The summed E-state index contributed by atoms with van der Waals surface area (Å²) in [5, 5.41) is 0. The maximum Gasteiger partial charge on any atom is 0.460 e. The maximum atomic E-state index is 14.1. The van der Waals surface area contributed by atoms with Crippen molar-refractivity contribution in [3.05, 3.63) is 0 Å². The topological polar surface area (TPSA) is 258 Å². The van der Waals surface area contributed by atoms with Crippen molar-refractivity contribution in [2.45, 2.75) is 193 Å². The predicted molar refractivity (Wildman–Crippen MR) is 448 cm³/mol. The second-order valence-corrected chi connectivity index (χ2v) is 30.5. The molecule has 0 saturated carbocycles. The van der Waals surface area contributed by atoms with Crippen LogP contribution in [-0.4, -0.2) is 442 Å². The molecule has 0 N–H and O–H groups in total. The lowest BCUT2D eigenvalue weighted by Gasteiger charge is -2.39. The van der Waals surface area contributed by atoms with E-state index in [1.165, 1.54) is 0 Å².